The van der Waals surface area contributed by atoms with Gasteiger partial charge in [0.15, 0.2) is 0 Å². The quantitative estimate of drug-likeness (QED) is 0.440. The second kappa shape index (κ2) is 6.88. The van der Waals surface area contributed by atoms with E-state index in [1.54, 1.807) is 18.3 Å². The number of fused-ring (bicyclic) bond motifs is 2. The zero-order valence-electron chi connectivity index (χ0n) is 14.3. The summed E-state index contributed by atoms with van der Waals surface area (Å²) in [5, 5.41) is 14.1. The number of thiophene rings is 1. The summed E-state index contributed by atoms with van der Waals surface area (Å²) in [4.78, 5) is 22.7. The molecule has 4 rings (SSSR count). The Morgan fingerprint density at radius 3 is 2.96 bits per heavy atom. The van der Waals surface area contributed by atoms with Crippen LogP contribution in [0, 0.1) is 6.92 Å². The molecule has 0 atom stereocenters. The number of halogens is 1. The lowest BCUT2D eigenvalue weighted by Crippen LogP contribution is -2.12. The molecule has 0 aliphatic heterocycles. The lowest BCUT2D eigenvalue weighted by molar-refractivity contribution is 0.103. The first kappa shape index (κ1) is 17.8. The van der Waals surface area contributed by atoms with Crippen molar-refractivity contribution in [2.75, 3.05) is 11.1 Å². The fraction of sp³-hybridized carbons (Fsp3) is 0.105. The van der Waals surface area contributed by atoms with Gasteiger partial charge in [0.25, 0.3) is 5.91 Å². The summed E-state index contributed by atoms with van der Waals surface area (Å²) in [6, 6.07) is 9.29. The van der Waals surface area contributed by atoms with Crippen LogP contribution in [0.25, 0.3) is 21.1 Å². The van der Waals surface area contributed by atoms with E-state index < -0.39 is 0 Å². The summed E-state index contributed by atoms with van der Waals surface area (Å²) in [7, 11) is 0. The molecule has 0 saturated carbocycles. The van der Waals surface area contributed by atoms with Gasteiger partial charge >= 0.3 is 0 Å². The van der Waals surface area contributed by atoms with Gasteiger partial charge in [-0.05, 0) is 36.8 Å². The van der Waals surface area contributed by atoms with Crippen LogP contribution in [0.3, 0.4) is 0 Å². The van der Waals surface area contributed by atoms with E-state index in [-0.39, 0.29) is 12.5 Å². The molecule has 1 aromatic carbocycles. The number of carbonyl (C=O) groups is 1. The number of carbonyl (C=O) groups excluding carboxylic acids is 1. The number of nitrogen functional groups attached to an aromatic ring is 1. The summed E-state index contributed by atoms with van der Waals surface area (Å²) in [5.41, 5.74) is 9.28. The number of benzene rings is 1. The number of nitrogens with two attached hydrogens (primary N) is 1. The maximum Gasteiger partial charge on any atom is 0.268 e. The molecule has 0 aliphatic carbocycles. The number of aliphatic hydroxyl groups is 1. The molecule has 6 nitrogen and oxygen atoms in total. The van der Waals surface area contributed by atoms with Crippen LogP contribution < -0.4 is 11.1 Å². The van der Waals surface area contributed by atoms with Crippen LogP contribution in [-0.4, -0.2) is 21.0 Å². The molecular weight excluding hydrogens is 428 g/mol. The molecule has 4 N–H and O–H groups in total. The zero-order valence-corrected chi connectivity index (χ0v) is 16.7. The van der Waals surface area contributed by atoms with E-state index in [0.717, 1.165) is 15.6 Å². The van der Waals surface area contributed by atoms with Crippen LogP contribution in [0.4, 0.5) is 11.4 Å². The molecular formula is C19H15BrN4O2S. The minimum Gasteiger partial charge on any atom is -0.397 e. The summed E-state index contributed by atoms with van der Waals surface area (Å²) in [5.74, 6) is -0.331. The summed E-state index contributed by atoms with van der Waals surface area (Å²) in [6.45, 7) is 1.68. The molecule has 0 aliphatic rings. The van der Waals surface area contributed by atoms with E-state index in [2.05, 4.69) is 31.2 Å². The topological polar surface area (TPSA) is 101 Å². The lowest BCUT2D eigenvalue weighted by atomic mass is 10.1. The van der Waals surface area contributed by atoms with Gasteiger partial charge in [-0.1, -0.05) is 22.0 Å². The van der Waals surface area contributed by atoms with Crippen LogP contribution in [0.2, 0.25) is 0 Å². The van der Waals surface area contributed by atoms with Gasteiger partial charge in [0, 0.05) is 27.1 Å². The molecule has 27 heavy (non-hydrogen) atoms. The predicted molar refractivity (Wildman–Crippen MR) is 112 cm³/mol. The van der Waals surface area contributed by atoms with Crippen molar-refractivity contribution in [1.29, 1.82) is 0 Å². The van der Waals surface area contributed by atoms with Crippen molar-refractivity contribution in [3.05, 3.63) is 57.1 Å². The van der Waals surface area contributed by atoms with Crippen LogP contribution in [0.1, 0.15) is 20.9 Å². The minimum atomic E-state index is -0.331. The van der Waals surface area contributed by atoms with Crippen molar-refractivity contribution in [2.45, 2.75) is 13.5 Å². The van der Waals surface area contributed by atoms with E-state index in [0.29, 0.717) is 37.5 Å². The third-order valence-electron chi connectivity index (χ3n) is 4.20. The summed E-state index contributed by atoms with van der Waals surface area (Å²) in [6.07, 6.45) is 1.68. The van der Waals surface area contributed by atoms with Gasteiger partial charge in [0.2, 0.25) is 0 Å². The Labute approximate surface area is 167 Å². The number of nitrogens with zero attached hydrogens (tertiary/aromatic N) is 2. The maximum absolute atomic E-state index is 12.9. The summed E-state index contributed by atoms with van der Waals surface area (Å²) >= 11 is 4.67. The predicted octanol–water partition coefficient (Wildman–Crippen LogP) is 4.24. The highest BCUT2D eigenvalue weighted by atomic mass is 79.9. The molecule has 3 aromatic heterocycles. The Hall–Kier alpha value is -2.55. The largest absolute Gasteiger partial charge is 0.397 e. The van der Waals surface area contributed by atoms with Gasteiger partial charge in [0.05, 0.1) is 23.5 Å². The normalized spacial score (nSPS) is 11.2. The van der Waals surface area contributed by atoms with Crippen molar-refractivity contribution in [3.63, 3.8) is 0 Å². The van der Waals surface area contributed by atoms with E-state index in [4.69, 9.17) is 5.73 Å². The molecule has 0 fully saturated rings. The molecule has 3 heterocycles. The van der Waals surface area contributed by atoms with E-state index >= 15 is 0 Å². The van der Waals surface area contributed by atoms with Gasteiger partial charge in [-0.2, -0.15) is 0 Å². The Bertz CT molecular complexity index is 1210. The minimum absolute atomic E-state index is 0.165. The lowest BCUT2D eigenvalue weighted by Gasteiger charge is -2.08. The second-order valence-electron chi connectivity index (χ2n) is 6.09. The molecule has 8 heteroatoms. The van der Waals surface area contributed by atoms with Crippen LogP contribution >= 0.6 is 27.3 Å². The first-order valence-corrected chi connectivity index (χ1v) is 9.74. The number of aliphatic hydroxyl groups excluding tert-OH is 1. The number of hydrogen-bond acceptors (Lipinski definition) is 6. The third-order valence-corrected chi connectivity index (χ3v) is 5.76. The fourth-order valence-electron chi connectivity index (χ4n) is 3.06. The molecule has 1 amide bonds. The number of nitrogens with one attached hydrogen (secondary N) is 1. The van der Waals surface area contributed by atoms with Crippen molar-refractivity contribution in [1.82, 2.24) is 9.97 Å². The standard InChI is InChI=1S/C19H15BrN4O2S/c1-9-5-11(8-25)14-15(21)17(27-19(14)23-9)18(26)24-13-7-12(20)6-10-3-2-4-22-16(10)13/h2-7,25H,8,21H2,1H3,(H,24,26). The highest BCUT2D eigenvalue weighted by Gasteiger charge is 2.21. The average Bonchev–Trinajstić information content (AvgIpc) is 2.97. The first-order valence-electron chi connectivity index (χ1n) is 8.13. The molecule has 0 unspecified atom stereocenters. The zero-order chi connectivity index (χ0) is 19.1. The smallest absolute Gasteiger partial charge is 0.268 e. The average molecular weight is 443 g/mol. The van der Waals surface area contributed by atoms with Gasteiger partial charge in [-0.3, -0.25) is 9.78 Å². The fourth-order valence-corrected chi connectivity index (χ4v) is 4.62. The number of aromatic nitrogens is 2. The van der Waals surface area contributed by atoms with Gasteiger partial charge < -0.3 is 16.2 Å². The second-order valence-corrected chi connectivity index (χ2v) is 8.00. The highest BCUT2D eigenvalue weighted by Crippen LogP contribution is 2.36. The Morgan fingerprint density at radius 2 is 2.19 bits per heavy atom. The van der Waals surface area contributed by atoms with Crippen molar-refractivity contribution >= 4 is 65.7 Å². The third kappa shape index (κ3) is 3.16. The number of anilines is 2. The molecule has 0 saturated heterocycles. The van der Waals surface area contributed by atoms with E-state index in [1.165, 1.54) is 11.3 Å². The highest BCUT2D eigenvalue weighted by molar-refractivity contribution is 9.10. The van der Waals surface area contributed by atoms with E-state index in [1.807, 2.05) is 25.1 Å². The molecule has 0 radical (unpaired) electrons. The maximum atomic E-state index is 12.9. The molecule has 4 aromatic rings. The van der Waals surface area contributed by atoms with Crippen LogP contribution in [0.5, 0.6) is 0 Å². The molecule has 0 spiro atoms. The monoisotopic (exact) mass is 442 g/mol. The Morgan fingerprint density at radius 1 is 1.37 bits per heavy atom. The molecule has 0 bridgehead atoms. The summed E-state index contributed by atoms with van der Waals surface area (Å²) < 4.78 is 0.836. The number of pyridine rings is 2. The number of aryl methyl sites for hydroxylation is 1. The van der Waals surface area contributed by atoms with Crippen LogP contribution in [0.15, 0.2) is 41.0 Å². The Balaban J connectivity index is 1.80. The van der Waals surface area contributed by atoms with Crippen molar-refractivity contribution in [2.24, 2.45) is 0 Å². The first-order chi connectivity index (χ1) is 13.0. The van der Waals surface area contributed by atoms with Gasteiger partial charge in [-0.15, -0.1) is 11.3 Å². The van der Waals surface area contributed by atoms with Gasteiger partial charge in [0.1, 0.15) is 9.71 Å². The number of hydrogen-bond donors (Lipinski definition) is 3. The van der Waals surface area contributed by atoms with Crippen molar-refractivity contribution in [3.8, 4) is 0 Å². The van der Waals surface area contributed by atoms with Crippen LogP contribution in [-0.2, 0) is 6.61 Å². The van der Waals surface area contributed by atoms with E-state index in [9.17, 15) is 9.90 Å². The molecule has 136 valence electrons. The van der Waals surface area contributed by atoms with Gasteiger partial charge in [-0.25, -0.2) is 4.98 Å². The SMILES string of the molecule is Cc1cc(CO)c2c(N)c(C(=O)Nc3cc(Br)cc4cccnc34)sc2n1. The van der Waals surface area contributed by atoms with Crippen molar-refractivity contribution < 1.29 is 9.90 Å². The number of rotatable bonds is 3. The number of amides is 1. The Kier molecular flexibility index (Phi) is 4.55.